The predicted octanol–water partition coefficient (Wildman–Crippen LogP) is 7.74. The molecule has 5 rings (SSSR count). The first kappa shape index (κ1) is 30.3. The summed E-state index contributed by atoms with van der Waals surface area (Å²) in [5.74, 6) is -0.236. The molecule has 5 heteroatoms. The Morgan fingerprint density at radius 3 is 2.33 bits per heavy atom. The zero-order chi connectivity index (χ0) is 30.0. The molecule has 0 amide bonds. The van der Waals surface area contributed by atoms with Gasteiger partial charge in [-0.1, -0.05) is 97.9 Å². The second-order valence-corrected chi connectivity index (χ2v) is 10.8. The maximum Gasteiger partial charge on any atom is 0.333 e. The van der Waals surface area contributed by atoms with Gasteiger partial charge >= 0.3 is 5.97 Å². The van der Waals surface area contributed by atoms with Crippen molar-refractivity contribution in [2.45, 2.75) is 51.7 Å². The Kier molecular flexibility index (Phi) is 10.4. The zero-order valence-electron chi connectivity index (χ0n) is 25.0. The second kappa shape index (κ2) is 14.8. The van der Waals surface area contributed by atoms with Crippen molar-refractivity contribution in [3.05, 3.63) is 136 Å². The Bertz CT molecular complexity index is 1520. The number of hydrogen-bond donors (Lipinski definition) is 1. The van der Waals surface area contributed by atoms with Crippen LogP contribution in [0, 0.1) is 0 Å². The minimum Gasteiger partial charge on any atom is -0.491 e. The van der Waals surface area contributed by atoms with Crippen LogP contribution >= 0.6 is 0 Å². The highest BCUT2D eigenvalue weighted by atomic mass is 16.5. The van der Waals surface area contributed by atoms with E-state index in [1.807, 2.05) is 24.3 Å². The fourth-order valence-electron chi connectivity index (χ4n) is 5.63. The first-order valence-electron chi connectivity index (χ1n) is 15.2. The third-order valence-electron chi connectivity index (χ3n) is 7.93. The molecule has 43 heavy (non-hydrogen) atoms. The molecule has 4 aromatic rings. The van der Waals surface area contributed by atoms with Crippen LogP contribution in [0.1, 0.15) is 64.5 Å². The first-order chi connectivity index (χ1) is 21.1. The van der Waals surface area contributed by atoms with Crippen LogP contribution in [0.25, 0.3) is 12.2 Å². The van der Waals surface area contributed by atoms with Crippen molar-refractivity contribution < 1.29 is 24.1 Å². The smallest absolute Gasteiger partial charge is 0.333 e. The monoisotopic (exact) mass is 576 g/mol. The van der Waals surface area contributed by atoms with Gasteiger partial charge in [-0.3, -0.25) is 0 Å². The molecular weight excluding hydrogens is 536 g/mol. The van der Waals surface area contributed by atoms with Crippen LogP contribution in [-0.4, -0.2) is 37.0 Å². The fourth-order valence-corrected chi connectivity index (χ4v) is 5.63. The van der Waals surface area contributed by atoms with Crippen molar-refractivity contribution in [3.8, 4) is 5.75 Å². The van der Waals surface area contributed by atoms with Crippen LogP contribution < -0.4 is 4.74 Å². The van der Waals surface area contributed by atoms with E-state index in [-0.39, 0.29) is 6.10 Å². The molecule has 1 N–H and O–H groups in total. The summed E-state index contributed by atoms with van der Waals surface area (Å²) in [4.78, 5) is 11.4. The standard InChI is InChI=1S/C38H40O5/c1-3-27-16-21-34-31(25-27)18-22-33-30(17-13-28-9-6-5-7-10-28)11-8-12-35(33)37(34)43-24-23-42-32-19-14-29(15-20-32)26-36(38(39)40)41-4-2/h5-12,14-16,18-22,25,36-37H,3-4,13,17,23-24,26H2,1-2H3,(H,39,40). The maximum atomic E-state index is 11.4. The van der Waals surface area contributed by atoms with E-state index in [1.165, 1.54) is 38.9 Å². The Morgan fingerprint density at radius 1 is 0.791 bits per heavy atom. The number of rotatable bonds is 14. The minimum atomic E-state index is -0.953. The van der Waals surface area contributed by atoms with Crippen molar-refractivity contribution in [1.82, 2.24) is 0 Å². The van der Waals surface area contributed by atoms with E-state index >= 15 is 0 Å². The van der Waals surface area contributed by atoms with Gasteiger partial charge < -0.3 is 19.3 Å². The van der Waals surface area contributed by atoms with Gasteiger partial charge in [0.25, 0.3) is 0 Å². The van der Waals surface area contributed by atoms with Gasteiger partial charge in [-0.25, -0.2) is 4.79 Å². The number of hydrogen-bond acceptors (Lipinski definition) is 4. The van der Waals surface area contributed by atoms with Crippen LogP contribution in [0.15, 0.2) is 91.0 Å². The molecule has 1 aliphatic carbocycles. The van der Waals surface area contributed by atoms with Crippen molar-refractivity contribution in [3.63, 3.8) is 0 Å². The van der Waals surface area contributed by atoms with E-state index in [0.717, 1.165) is 30.6 Å². The molecule has 0 radical (unpaired) electrons. The van der Waals surface area contributed by atoms with Gasteiger partial charge in [-0.2, -0.15) is 0 Å². The molecular formula is C38H40O5. The Balaban J connectivity index is 1.29. The molecule has 0 spiro atoms. The first-order valence-corrected chi connectivity index (χ1v) is 15.2. The van der Waals surface area contributed by atoms with E-state index in [2.05, 4.69) is 85.8 Å². The number of ether oxygens (including phenoxy) is 3. The number of carboxylic acid groups (broad SMARTS) is 1. The number of aliphatic carboxylic acids is 1. The van der Waals surface area contributed by atoms with E-state index in [0.29, 0.717) is 26.2 Å². The second-order valence-electron chi connectivity index (χ2n) is 10.8. The lowest BCUT2D eigenvalue weighted by molar-refractivity contribution is -0.149. The lowest BCUT2D eigenvalue weighted by Gasteiger charge is -2.23. The summed E-state index contributed by atoms with van der Waals surface area (Å²) in [5.41, 5.74) is 9.62. The number of carbonyl (C=O) groups is 1. The summed E-state index contributed by atoms with van der Waals surface area (Å²) in [6.07, 6.45) is 6.68. The minimum absolute atomic E-state index is 0.208. The van der Waals surface area contributed by atoms with Gasteiger partial charge in [-0.15, -0.1) is 0 Å². The third-order valence-corrected chi connectivity index (χ3v) is 7.93. The Hall–Kier alpha value is -4.19. The largest absolute Gasteiger partial charge is 0.491 e. The molecule has 0 saturated carbocycles. The van der Waals surface area contributed by atoms with E-state index < -0.39 is 12.1 Å². The van der Waals surface area contributed by atoms with E-state index in [4.69, 9.17) is 14.2 Å². The summed E-state index contributed by atoms with van der Waals surface area (Å²) < 4.78 is 18.0. The van der Waals surface area contributed by atoms with Crippen molar-refractivity contribution in [1.29, 1.82) is 0 Å². The predicted molar refractivity (Wildman–Crippen MR) is 172 cm³/mol. The lowest BCUT2D eigenvalue weighted by atomic mass is 9.91. The molecule has 5 nitrogen and oxygen atoms in total. The summed E-state index contributed by atoms with van der Waals surface area (Å²) in [5, 5.41) is 9.36. The molecule has 2 unspecified atom stereocenters. The molecule has 0 aliphatic heterocycles. The summed E-state index contributed by atoms with van der Waals surface area (Å²) >= 11 is 0. The summed E-state index contributed by atoms with van der Waals surface area (Å²) in [7, 11) is 0. The summed E-state index contributed by atoms with van der Waals surface area (Å²) in [6, 6.07) is 31.4. The molecule has 0 aromatic heterocycles. The van der Waals surface area contributed by atoms with Crippen LogP contribution in [0.2, 0.25) is 0 Å². The zero-order valence-corrected chi connectivity index (χ0v) is 25.0. The Morgan fingerprint density at radius 2 is 1.58 bits per heavy atom. The van der Waals surface area contributed by atoms with Gasteiger partial charge in [0.2, 0.25) is 0 Å². The maximum absolute atomic E-state index is 11.4. The highest BCUT2D eigenvalue weighted by Crippen LogP contribution is 2.37. The van der Waals surface area contributed by atoms with Gasteiger partial charge in [0.15, 0.2) is 6.10 Å². The van der Waals surface area contributed by atoms with Crippen LogP contribution in [0.4, 0.5) is 0 Å². The quantitative estimate of drug-likeness (QED) is 0.156. The van der Waals surface area contributed by atoms with Gasteiger partial charge in [-0.05, 0) is 82.8 Å². The highest BCUT2D eigenvalue weighted by Gasteiger charge is 2.24. The number of carboxylic acids is 1. The molecule has 2 atom stereocenters. The average molecular weight is 577 g/mol. The summed E-state index contributed by atoms with van der Waals surface area (Å²) in [6.45, 7) is 5.15. The Labute approximate surface area is 254 Å². The van der Waals surface area contributed by atoms with Crippen LogP contribution in [0.5, 0.6) is 5.75 Å². The van der Waals surface area contributed by atoms with Crippen molar-refractivity contribution >= 4 is 18.1 Å². The number of aryl methyl sites for hydroxylation is 3. The topological polar surface area (TPSA) is 65.0 Å². The molecule has 0 fully saturated rings. The highest BCUT2D eigenvalue weighted by molar-refractivity contribution is 5.78. The number of benzene rings is 4. The van der Waals surface area contributed by atoms with E-state index in [9.17, 15) is 9.90 Å². The molecule has 0 bridgehead atoms. The fraction of sp³-hybridized carbons (Fsp3) is 0.289. The van der Waals surface area contributed by atoms with Gasteiger partial charge in [0.1, 0.15) is 18.5 Å². The molecule has 4 aromatic carbocycles. The molecule has 1 aliphatic rings. The normalized spacial score (nSPS) is 14.4. The average Bonchev–Trinajstić information content (AvgIpc) is 3.19. The number of fused-ring (bicyclic) bond motifs is 2. The van der Waals surface area contributed by atoms with Gasteiger partial charge in [0.05, 0.1) is 6.61 Å². The third kappa shape index (κ3) is 7.81. The van der Waals surface area contributed by atoms with Crippen molar-refractivity contribution in [2.75, 3.05) is 19.8 Å². The van der Waals surface area contributed by atoms with Crippen LogP contribution in [-0.2, 0) is 40.0 Å². The van der Waals surface area contributed by atoms with Gasteiger partial charge in [0, 0.05) is 13.0 Å². The lowest BCUT2D eigenvalue weighted by Crippen LogP contribution is -2.26. The van der Waals surface area contributed by atoms with E-state index in [1.54, 1.807) is 6.92 Å². The van der Waals surface area contributed by atoms with Crippen LogP contribution in [0.3, 0.4) is 0 Å². The molecule has 222 valence electrons. The van der Waals surface area contributed by atoms with Crippen molar-refractivity contribution in [2.24, 2.45) is 0 Å². The SMILES string of the molecule is CCOC(Cc1ccc(OCCOC2c3ccc(CC)cc3C=Cc3c(CCc4ccccc4)cccc32)cc1)C(=O)O. The molecule has 0 heterocycles. The molecule has 0 saturated heterocycles.